The molecule has 0 aliphatic carbocycles. The van der Waals surface area contributed by atoms with Gasteiger partial charge in [-0.1, -0.05) is 113 Å². The molecule has 52 heavy (non-hydrogen) atoms. The van der Waals surface area contributed by atoms with Gasteiger partial charge in [0.25, 0.3) is 0 Å². The normalized spacial score (nSPS) is 10.7. The van der Waals surface area contributed by atoms with Crippen LogP contribution in [0.15, 0.2) is 101 Å². The van der Waals surface area contributed by atoms with Gasteiger partial charge in [-0.2, -0.15) is 0 Å². The third-order valence-corrected chi connectivity index (χ3v) is 9.57. The van der Waals surface area contributed by atoms with Crippen molar-refractivity contribution in [2.45, 2.75) is 91.4 Å². The summed E-state index contributed by atoms with van der Waals surface area (Å²) in [5, 5.41) is 10.9. The highest BCUT2D eigenvalue weighted by Gasteiger charge is 2.12. The van der Waals surface area contributed by atoms with Crippen LogP contribution in [0.5, 0.6) is 0 Å². The fraction of sp³-hybridized carbons (Fsp3) is 0.333. The number of unbranched alkanes of at least 4 members (excludes halogenated alkanes) is 9. The Balaban J connectivity index is 1.52. The minimum atomic E-state index is -0.0485. The van der Waals surface area contributed by atoms with Gasteiger partial charge in [0.1, 0.15) is 0 Å². The van der Waals surface area contributed by atoms with Crippen molar-refractivity contribution in [1.82, 2.24) is 0 Å². The number of anilines is 2. The van der Waals surface area contributed by atoms with Crippen LogP contribution < -0.4 is 21.5 Å². The lowest BCUT2D eigenvalue weighted by molar-refractivity contribution is 0.557. The summed E-state index contributed by atoms with van der Waals surface area (Å²) in [7, 11) is 0. The van der Waals surface area contributed by atoms with Crippen LogP contribution in [0.25, 0.3) is 21.5 Å². The van der Waals surface area contributed by atoms with Crippen molar-refractivity contribution in [1.29, 1.82) is 0 Å². The molecule has 266 valence electrons. The molecule has 2 N–H and O–H groups in total. The maximum absolute atomic E-state index is 12.5. The average molecular weight is 689 g/mol. The van der Waals surface area contributed by atoms with Crippen LogP contribution in [-0.2, 0) is 6.42 Å². The minimum absolute atomic E-state index is 0.0485. The van der Waals surface area contributed by atoms with Gasteiger partial charge in [0.2, 0.25) is 10.9 Å². The van der Waals surface area contributed by atoms with E-state index in [2.05, 4.69) is 83.7 Å². The summed E-state index contributed by atoms with van der Waals surface area (Å²) in [5.41, 5.74) is 5.86. The molecule has 0 saturated heterocycles. The predicted octanol–water partition coefficient (Wildman–Crippen LogP) is 10.8. The molecule has 0 aromatic heterocycles. The summed E-state index contributed by atoms with van der Waals surface area (Å²) in [4.78, 5) is 25.0. The number of rotatable bonds is 15. The number of fused-ring (bicyclic) bond motifs is 2. The molecule has 4 heteroatoms. The Hall–Kier alpha value is -5.32. The van der Waals surface area contributed by atoms with Crippen LogP contribution in [0, 0.1) is 23.7 Å². The van der Waals surface area contributed by atoms with E-state index in [1.54, 1.807) is 24.3 Å². The Morgan fingerprint density at radius 1 is 0.462 bits per heavy atom. The van der Waals surface area contributed by atoms with Gasteiger partial charge in [0, 0.05) is 35.3 Å². The Bertz CT molecular complexity index is 2090. The standard InChI is InChI=1S/C48H52N2O2/c1-4-7-8-9-10-11-12-13-14-15-20-40-41-21-16-18-38(29-23-36-25-31-45(49-5-2)47(51)33-27-36)43(41)35-44-39(19-17-22-42(40)44)30-24-37-26-32-46(50-6-3)48(52)34-28-37/h16-19,21-22,25-28,31-35H,4-15,20H2,1-3H3,(H,49,51)(H,50,52). The lowest BCUT2D eigenvalue weighted by Crippen LogP contribution is -2.06. The van der Waals surface area contributed by atoms with Gasteiger partial charge in [-0.15, -0.1) is 0 Å². The van der Waals surface area contributed by atoms with E-state index in [4.69, 9.17) is 0 Å². The largest absolute Gasteiger partial charge is 0.382 e. The lowest BCUT2D eigenvalue weighted by Gasteiger charge is -2.14. The minimum Gasteiger partial charge on any atom is -0.382 e. The van der Waals surface area contributed by atoms with Gasteiger partial charge in [0.15, 0.2) is 0 Å². The van der Waals surface area contributed by atoms with Crippen LogP contribution in [0.4, 0.5) is 11.4 Å². The highest BCUT2D eigenvalue weighted by Crippen LogP contribution is 2.33. The van der Waals surface area contributed by atoms with Gasteiger partial charge < -0.3 is 10.6 Å². The van der Waals surface area contributed by atoms with Crippen LogP contribution in [-0.4, -0.2) is 13.1 Å². The lowest BCUT2D eigenvalue weighted by atomic mass is 9.89. The summed E-state index contributed by atoms with van der Waals surface area (Å²) >= 11 is 0. The molecule has 0 heterocycles. The number of aryl methyl sites for hydroxylation is 1. The third kappa shape index (κ3) is 10.4. The van der Waals surface area contributed by atoms with Crippen molar-refractivity contribution in [3.05, 3.63) is 139 Å². The molecule has 0 saturated carbocycles. The van der Waals surface area contributed by atoms with Crippen molar-refractivity contribution in [2.24, 2.45) is 0 Å². The molecule has 0 amide bonds. The topological polar surface area (TPSA) is 58.2 Å². The molecule has 5 rings (SSSR count). The van der Waals surface area contributed by atoms with Crippen molar-refractivity contribution < 1.29 is 0 Å². The Morgan fingerprint density at radius 2 is 0.904 bits per heavy atom. The molecule has 5 aromatic carbocycles. The maximum atomic E-state index is 12.5. The smallest absolute Gasteiger partial charge is 0.201 e. The van der Waals surface area contributed by atoms with Crippen molar-refractivity contribution >= 4 is 32.9 Å². The summed E-state index contributed by atoms with van der Waals surface area (Å²) in [6.07, 6.45) is 14.0. The SMILES string of the molecule is CCCCCCCCCCCCc1c2cccc(C#Cc3ccc(NCC)c(=O)cc3)c2cc2c(C#Cc3ccc(NCC)c(=O)cc3)cccc12. The second-order valence-corrected chi connectivity index (χ2v) is 13.4. The summed E-state index contributed by atoms with van der Waals surface area (Å²) in [6.45, 7) is 7.59. The summed E-state index contributed by atoms with van der Waals surface area (Å²) < 4.78 is 0. The molecule has 0 unspecified atom stereocenters. The first-order chi connectivity index (χ1) is 25.5. The second-order valence-electron chi connectivity index (χ2n) is 13.4. The number of hydrogen-bond donors (Lipinski definition) is 2. The zero-order chi connectivity index (χ0) is 36.5. The van der Waals surface area contributed by atoms with Crippen LogP contribution in [0.3, 0.4) is 0 Å². The van der Waals surface area contributed by atoms with Gasteiger partial charge >= 0.3 is 0 Å². The molecule has 4 nitrogen and oxygen atoms in total. The molecule has 5 aromatic rings. The van der Waals surface area contributed by atoms with E-state index in [0.717, 1.165) is 45.9 Å². The second kappa shape index (κ2) is 19.9. The van der Waals surface area contributed by atoms with E-state index < -0.39 is 0 Å². The summed E-state index contributed by atoms with van der Waals surface area (Å²) in [6, 6.07) is 29.3. The van der Waals surface area contributed by atoms with Crippen molar-refractivity contribution in [2.75, 3.05) is 23.7 Å². The van der Waals surface area contributed by atoms with Gasteiger partial charge in [-0.05, 0) is 121 Å². The fourth-order valence-corrected chi connectivity index (χ4v) is 6.78. The highest BCUT2D eigenvalue weighted by molar-refractivity contribution is 6.06. The molecule has 0 atom stereocenters. The predicted molar refractivity (Wildman–Crippen MR) is 223 cm³/mol. The van der Waals surface area contributed by atoms with E-state index >= 15 is 0 Å². The molecule has 0 radical (unpaired) electrons. The average Bonchev–Trinajstić information content (AvgIpc) is 3.44. The zero-order valence-electron chi connectivity index (χ0n) is 31.2. The zero-order valence-corrected chi connectivity index (χ0v) is 31.2. The first-order valence-electron chi connectivity index (χ1n) is 19.3. The first kappa shape index (κ1) is 37.9. The third-order valence-electron chi connectivity index (χ3n) is 9.57. The van der Waals surface area contributed by atoms with Gasteiger partial charge in [0.05, 0.1) is 11.4 Å². The monoisotopic (exact) mass is 688 g/mol. The van der Waals surface area contributed by atoms with E-state index in [-0.39, 0.29) is 10.9 Å². The Morgan fingerprint density at radius 3 is 1.37 bits per heavy atom. The van der Waals surface area contributed by atoms with Gasteiger partial charge in [-0.3, -0.25) is 9.59 Å². The fourth-order valence-electron chi connectivity index (χ4n) is 6.78. The van der Waals surface area contributed by atoms with E-state index in [9.17, 15) is 9.59 Å². The quantitative estimate of drug-likeness (QED) is 0.0653. The van der Waals surface area contributed by atoms with Gasteiger partial charge in [-0.25, -0.2) is 0 Å². The Kier molecular flexibility index (Phi) is 14.5. The molecular formula is C48H52N2O2. The van der Waals surface area contributed by atoms with Crippen LogP contribution >= 0.6 is 0 Å². The number of hydrogen-bond acceptors (Lipinski definition) is 4. The molecule has 0 aliphatic heterocycles. The van der Waals surface area contributed by atoms with E-state index in [1.807, 2.05) is 38.1 Å². The number of nitrogens with one attached hydrogen (secondary N) is 2. The first-order valence-corrected chi connectivity index (χ1v) is 19.3. The van der Waals surface area contributed by atoms with E-state index in [1.165, 1.54) is 74.1 Å². The number of benzene rings is 3. The molecule has 0 spiro atoms. The Labute approximate surface area is 310 Å². The molecule has 0 aliphatic rings. The summed E-state index contributed by atoms with van der Waals surface area (Å²) in [5.74, 6) is 13.6. The maximum Gasteiger partial charge on any atom is 0.201 e. The van der Waals surface area contributed by atoms with E-state index in [0.29, 0.717) is 24.5 Å². The van der Waals surface area contributed by atoms with Crippen molar-refractivity contribution in [3.8, 4) is 23.7 Å². The highest BCUT2D eigenvalue weighted by atomic mass is 16.1. The molecule has 0 fully saturated rings. The molecular weight excluding hydrogens is 637 g/mol. The van der Waals surface area contributed by atoms with Crippen LogP contribution in [0.2, 0.25) is 0 Å². The van der Waals surface area contributed by atoms with Crippen molar-refractivity contribution in [3.63, 3.8) is 0 Å². The van der Waals surface area contributed by atoms with Crippen LogP contribution in [0.1, 0.15) is 113 Å². The molecule has 0 bridgehead atoms.